The molecule has 0 saturated carbocycles. The van der Waals surface area contributed by atoms with Gasteiger partial charge in [-0.15, -0.1) is 0 Å². The van der Waals surface area contributed by atoms with Gasteiger partial charge in [-0.3, -0.25) is 9.59 Å². The number of para-hydroxylation sites is 2. The summed E-state index contributed by atoms with van der Waals surface area (Å²) in [7, 11) is 0. The van der Waals surface area contributed by atoms with Gasteiger partial charge in [0.05, 0.1) is 27.3 Å². The Balaban J connectivity index is 1.39. The number of furan rings is 1. The first-order chi connectivity index (χ1) is 20.8. The molecule has 0 aliphatic rings. The quantitative estimate of drug-likeness (QED) is 0.173. The zero-order valence-electron chi connectivity index (χ0n) is 21.9. The normalized spacial score (nSPS) is 11.4. The zero-order valence-corrected chi connectivity index (χ0v) is 25.0. The molecule has 0 saturated heterocycles. The van der Waals surface area contributed by atoms with Gasteiger partial charge in [0.15, 0.2) is 12.4 Å². The number of amides is 1. The van der Waals surface area contributed by atoms with E-state index in [1.807, 2.05) is 0 Å². The molecule has 0 unspecified atom stereocenters. The highest BCUT2D eigenvalue weighted by atomic mass is 79.9. The van der Waals surface area contributed by atoms with Gasteiger partial charge in [0.1, 0.15) is 17.1 Å². The Kier molecular flexibility index (Phi) is 7.98. The molecule has 6 rings (SSSR count). The van der Waals surface area contributed by atoms with Gasteiger partial charge in [0.25, 0.3) is 11.5 Å². The molecule has 1 N–H and O–H groups in total. The first-order valence-corrected chi connectivity index (χ1v) is 14.2. The number of carbonyl (C=O) groups is 1. The maximum absolute atomic E-state index is 14.0. The van der Waals surface area contributed by atoms with Crippen molar-refractivity contribution in [2.24, 2.45) is 5.10 Å². The molecule has 0 aliphatic carbocycles. The molecule has 6 aromatic rings. The number of nitrogens with zero attached hydrogens (tertiary/aromatic N) is 3. The standard InChI is InChI=1S/C31H18BrCl2FN4O4/c32-22-14-20(34)12-18(29(22)42-16-28(40)37-25-8-4-2-6-23(25)35)15-36-39-30(38-24-7-3-1-5-21(24)31(39)41)27-13-17-11-19(33)9-10-26(17)43-27/h1-15H,16H2,(H,37,40). The Morgan fingerprint density at radius 2 is 1.84 bits per heavy atom. The Bertz CT molecular complexity index is 2130. The highest BCUT2D eigenvalue weighted by Gasteiger charge is 2.18. The van der Waals surface area contributed by atoms with E-state index < -0.39 is 23.9 Å². The van der Waals surface area contributed by atoms with Crippen LogP contribution in [0.15, 0.2) is 104 Å². The molecule has 2 heterocycles. The molecule has 0 radical (unpaired) electrons. The highest BCUT2D eigenvalue weighted by Crippen LogP contribution is 2.33. The van der Waals surface area contributed by atoms with Crippen molar-refractivity contribution in [3.8, 4) is 17.3 Å². The van der Waals surface area contributed by atoms with Crippen molar-refractivity contribution in [2.45, 2.75) is 0 Å². The fourth-order valence-corrected chi connectivity index (χ4v) is 5.48. The summed E-state index contributed by atoms with van der Waals surface area (Å²) in [6.07, 6.45) is 1.36. The number of hydrogen-bond acceptors (Lipinski definition) is 6. The zero-order chi connectivity index (χ0) is 30.1. The van der Waals surface area contributed by atoms with Gasteiger partial charge in [0, 0.05) is 21.0 Å². The summed E-state index contributed by atoms with van der Waals surface area (Å²) >= 11 is 15.9. The maximum Gasteiger partial charge on any atom is 0.282 e. The summed E-state index contributed by atoms with van der Waals surface area (Å²) < 4.78 is 27.3. The topological polar surface area (TPSA) is 98.7 Å². The number of nitrogens with one attached hydrogen (secondary N) is 1. The minimum Gasteiger partial charge on any atom is -0.482 e. The monoisotopic (exact) mass is 678 g/mol. The van der Waals surface area contributed by atoms with Crippen LogP contribution >= 0.6 is 39.1 Å². The Hall–Kier alpha value is -4.51. The molecule has 4 aromatic carbocycles. The molecule has 0 fully saturated rings. The van der Waals surface area contributed by atoms with E-state index in [-0.39, 0.29) is 17.3 Å². The lowest BCUT2D eigenvalue weighted by Crippen LogP contribution is -2.21. The van der Waals surface area contributed by atoms with E-state index >= 15 is 0 Å². The van der Waals surface area contributed by atoms with Crippen molar-refractivity contribution in [2.75, 3.05) is 11.9 Å². The molecular weight excluding hydrogens is 662 g/mol. The fourth-order valence-electron chi connectivity index (χ4n) is 4.35. The van der Waals surface area contributed by atoms with E-state index in [0.29, 0.717) is 42.3 Å². The van der Waals surface area contributed by atoms with Crippen LogP contribution in [0.25, 0.3) is 33.5 Å². The summed E-state index contributed by atoms with van der Waals surface area (Å²) in [4.78, 5) is 30.8. The molecule has 8 nitrogen and oxygen atoms in total. The van der Waals surface area contributed by atoms with Crippen LogP contribution in [0.3, 0.4) is 0 Å². The first kappa shape index (κ1) is 28.6. The number of fused-ring (bicyclic) bond motifs is 2. The lowest BCUT2D eigenvalue weighted by atomic mass is 10.2. The second kappa shape index (κ2) is 12.0. The van der Waals surface area contributed by atoms with Crippen molar-refractivity contribution in [3.63, 3.8) is 0 Å². The van der Waals surface area contributed by atoms with Gasteiger partial charge in [-0.1, -0.05) is 47.5 Å². The third kappa shape index (κ3) is 6.03. The van der Waals surface area contributed by atoms with Crippen molar-refractivity contribution < 1.29 is 18.3 Å². The molecule has 0 aliphatic heterocycles. The van der Waals surface area contributed by atoms with Crippen LogP contribution in [-0.4, -0.2) is 28.4 Å². The second-order valence-electron chi connectivity index (χ2n) is 9.23. The molecule has 43 heavy (non-hydrogen) atoms. The summed E-state index contributed by atoms with van der Waals surface area (Å²) in [6.45, 7) is -0.445. The molecule has 0 spiro atoms. The molecule has 2 aromatic heterocycles. The number of benzene rings is 4. The summed E-state index contributed by atoms with van der Waals surface area (Å²) in [6, 6.07) is 22.7. The van der Waals surface area contributed by atoms with E-state index in [4.69, 9.17) is 32.4 Å². The Labute approximate surface area is 261 Å². The highest BCUT2D eigenvalue weighted by molar-refractivity contribution is 9.10. The Morgan fingerprint density at radius 3 is 2.67 bits per heavy atom. The van der Waals surface area contributed by atoms with Crippen molar-refractivity contribution in [1.82, 2.24) is 9.66 Å². The first-order valence-electron chi connectivity index (χ1n) is 12.7. The van der Waals surface area contributed by atoms with Crippen LogP contribution < -0.4 is 15.6 Å². The van der Waals surface area contributed by atoms with E-state index in [1.54, 1.807) is 66.7 Å². The molecule has 1 amide bonds. The molecule has 214 valence electrons. The fraction of sp³-hybridized carbons (Fsp3) is 0.0323. The van der Waals surface area contributed by atoms with Gasteiger partial charge in [0.2, 0.25) is 5.82 Å². The lowest BCUT2D eigenvalue weighted by Gasteiger charge is -2.13. The van der Waals surface area contributed by atoms with Crippen LogP contribution in [0.2, 0.25) is 10.0 Å². The van der Waals surface area contributed by atoms with E-state index in [2.05, 4.69) is 31.3 Å². The number of halogens is 4. The summed E-state index contributed by atoms with van der Waals surface area (Å²) in [5.74, 6) is -0.490. The average molecular weight is 680 g/mol. The SMILES string of the molecule is O=C(COc1c(Br)cc(Cl)cc1C=Nn1c(-c2cc3cc(Cl)ccc3o2)nc2ccccc2c1=O)Nc1ccccc1F. The smallest absolute Gasteiger partial charge is 0.282 e. The van der Waals surface area contributed by atoms with Crippen LogP contribution in [-0.2, 0) is 4.79 Å². The summed E-state index contributed by atoms with van der Waals surface area (Å²) in [5.41, 5.74) is 0.948. The molecule has 0 atom stereocenters. The predicted molar refractivity (Wildman–Crippen MR) is 169 cm³/mol. The number of carbonyl (C=O) groups excluding carboxylic acids is 1. The number of ether oxygens (including phenoxy) is 1. The van der Waals surface area contributed by atoms with E-state index in [0.717, 1.165) is 10.1 Å². The lowest BCUT2D eigenvalue weighted by molar-refractivity contribution is -0.118. The molecule has 0 bridgehead atoms. The maximum atomic E-state index is 14.0. The third-order valence-corrected chi connectivity index (χ3v) is 7.34. The minimum atomic E-state index is -0.586. The van der Waals surface area contributed by atoms with Gasteiger partial charge in [-0.25, -0.2) is 9.37 Å². The van der Waals surface area contributed by atoms with Crippen molar-refractivity contribution >= 4 is 78.8 Å². The molecule has 12 heteroatoms. The number of anilines is 1. The average Bonchev–Trinajstić information content (AvgIpc) is 3.40. The van der Waals surface area contributed by atoms with Crippen molar-refractivity contribution in [1.29, 1.82) is 0 Å². The predicted octanol–water partition coefficient (Wildman–Crippen LogP) is 7.92. The van der Waals surface area contributed by atoms with Gasteiger partial charge in [-0.2, -0.15) is 9.78 Å². The molecular formula is C31H18BrCl2FN4O4. The largest absolute Gasteiger partial charge is 0.482 e. The van der Waals surface area contributed by atoms with E-state index in [1.165, 1.54) is 24.4 Å². The Morgan fingerprint density at radius 1 is 1.05 bits per heavy atom. The number of aromatic nitrogens is 2. The summed E-state index contributed by atoms with van der Waals surface area (Å²) in [5, 5.41) is 8.87. The van der Waals surface area contributed by atoms with Crippen LogP contribution in [0.4, 0.5) is 10.1 Å². The third-order valence-electron chi connectivity index (χ3n) is 6.30. The number of hydrogen-bond donors (Lipinski definition) is 1. The van der Waals surface area contributed by atoms with Crippen LogP contribution in [0.1, 0.15) is 5.56 Å². The minimum absolute atomic E-state index is 0.0247. The van der Waals surface area contributed by atoms with Crippen LogP contribution in [0, 0.1) is 5.82 Å². The van der Waals surface area contributed by atoms with Crippen molar-refractivity contribution in [3.05, 3.63) is 121 Å². The van der Waals surface area contributed by atoms with Gasteiger partial charge < -0.3 is 14.5 Å². The number of rotatable bonds is 7. The van der Waals surface area contributed by atoms with E-state index in [9.17, 15) is 14.0 Å². The van der Waals surface area contributed by atoms with Gasteiger partial charge in [-0.05, 0) is 76.6 Å². The second-order valence-corrected chi connectivity index (χ2v) is 11.0. The van der Waals surface area contributed by atoms with Gasteiger partial charge >= 0.3 is 0 Å². The van der Waals surface area contributed by atoms with Crippen LogP contribution in [0.5, 0.6) is 5.75 Å².